The van der Waals surface area contributed by atoms with Gasteiger partial charge in [0.25, 0.3) is 0 Å². The van der Waals surface area contributed by atoms with Gasteiger partial charge in [-0.3, -0.25) is 0 Å². The van der Waals surface area contributed by atoms with Crippen LogP contribution in [-0.4, -0.2) is 14.7 Å². The predicted molar refractivity (Wildman–Crippen MR) is 68.5 cm³/mol. The highest BCUT2D eigenvalue weighted by Gasteiger charge is 2.19. The number of halogens is 1. The third kappa shape index (κ3) is 1.61. The van der Waals surface area contributed by atoms with Gasteiger partial charge in [-0.05, 0) is 35.6 Å². The van der Waals surface area contributed by atoms with E-state index in [1.54, 1.807) is 0 Å². The summed E-state index contributed by atoms with van der Waals surface area (Å²) < 4.78 is 3.02. The van der Waals surface area contributed by atoms with Crippen molar-refractivity contribution in [3.63, 3.8) is 0 Å². The minimum absolute atomic E-state index is 0.714. The van der Waals surface area contributed by atoms with Crippen LogP contribution in [0.5, 0.6) is 0 Å². The molecule has 0 radical (unpaired) electrons. The molecular weight excluding hydrogens is 303 g/mol. The fourth-order valence-electron chi connectivity index (χ4n) is 1.74. The van der Waals surface area contributed by atoms with Gasteiger partial charge in [0.05, 0.1) is 18.2 Å². The largest absolute Gasteiger partial charge is 0.350 e. The van der Waals surface area contributed by atoms with Gasteiger partial charge in [-0.25, -0.2) is 4.98 Å². The second-order valence-corrected chi connectivity index (χ2v) is 4.68. The first-order chi connectivity index (χ1) is 7.02. The standard InChI is InChI=1S/C11H12IN2O/c1-6-9(7(2)15)10(12)8-4-5-14(3)11(8)13-6/h4-5,7,15H,2H2,1,3H3/q+1. The summed E-state index contributed by atoms with van der Waals surface area (Å²) in [6.07, 6.45) is 1.26. The number of fused-ring (bicyclic) bond motifs is 1. The van der Waals surface area contributed by atoms with Gasteiger partial charge >= 0.3 is 0 Å². The van der Waals surface area contributed by atoms with Crippen molar-refractivity contribution in [1.82, 2.24) is 9.55 Å². The van der Waals surface area contributed by atoms with E-state index < -0.39 is 6.10 Å². The second kappa shape index (κ2) is 3.68. The summed E-state index contributed by atoms with van der Waals surface area (Å²) in [5.74, 6) is 0. The topological polar surface area (TPSA) is 38.1 Å². The lowest BCUT2D eigenvalue weighted by Crippen LogP contribution is -2.03. The Kier molecular flexibility index (Phi) is 2.64. The highest BCUT2D eigenvalue weighted by Crippen LogP contribution is 2.29. The molecule has 15 heavy (non-hydrogen) atoms. The highest BCUT2D eigenvalue weighted by molar-refractivity contribution is 14.1. The van der Waals surface area contributed by atoms with Gasteiger partial charge in [0.15, 0.2) is 0 Å². The van der Waals surface area contributed by atoms with E-state index >= 15 is 0 Å². The molecule has 0 aliphatic heterocycles. The van der Waals surface area contributed by atoms with E-state index in [0.29, 0.717) is 0 Å². The zero-order valence-corrected chi connectivity index (χ0v) is 10.8. The fraction of sp³-hybridized carbons (Fsp3) is 0.273. The van der Waals surface area contributed by atoms with E-state index in [0.717, 1.165) is 25.9 Å². The maximum Gasteiger partial charge on any atom is 0.221 e. The van der Waals surface area contributed by atoms with Gasteiger partial charge in [-0.15, -0.1) is 0 Å². The Morgan fingerprint density at radius 1 is 1.60 bits per heavy atom. The molecule has 2 aromatic rings. The monoisotopic (exact) mass is 315 g/mol. The second-order valence-electron chi connectivity index (χ2n) is 3.60. The minimum Gasteiger partial charge on any atom is -0.350 e. The number of aliphatic hydroxyl groups excluding tert-OH is 1. The van der Waals surface area contributed by atoms with Crippen LogP contribution in [-0.2, 0) is 7.05 Å². The number of rotatable bonds is 1. The Bertz CT molecular complexity index is 517. The number of hydrogen-bond acceptors (Lipinski definition) is 2. The summed E-state index contributed by atoms with van der Waals surface area (Å²) in [6.45, 7) is 5.55. The van der Waals surface area contributed by atoms with Crippen LogP contribution in [0.1, 0.15) is 17.4 Å². The quantitative estimate of drug-likeness (QED) is 0.648. The predicted octanol–water partition coefficient (Wildman–Crippen LogP) is 2.35. The lowest BCUT2D eigenvalue weighted by molar-refractivity contribution is 0.224. The van der Waals surface area contributed by atoms with Crippen molar-refractivity contribution >= 4 is 33.6 Å². The molecule has 3 nitrogen and oxygen atoms in total. The molecule has 0 spiro atoms. The van der Waals surface area contributed by atoms with Crippen LogP contribution in [0.25, 0.3) is 11.0 Å². The molecule has 1 N–H and O–H groups in total. The Morgan fingerprint density at radius 2 is 2.27 bits per heavy atom. The first kappa shape index (κ1) is 10.8. The van der Waals surface area contributed by atoms with Gasteiger partial charge in [0, 0.05) is 22.2 Å². The third-order valence-electron chi connectivity index (χ3n) is 2.51. The molecule has 0 bridgehead atoms. The first-order valence-corrected chi connectivity index (χ1v) is 5.72. The van der Waals surface area contributed by atoms with Gasteiger partial charge in [0.2, 0.25) is 6.10 Å². The molecule has 78 valence electrons. The number of pyridine rings is 1. The molecule has 1 unspecified atom stereocenters. The number of aliphatic hydroxyl groups is 1. The molecule has 0 aliphatic carbocycles. The van der Waals surface area contributed by atoms with Crippen LogP contribution in [0, 0.1) is 17.4 Å². The zero-order chi connectivity index (χ0) is 11.2. The number of aromatic nitrogens is 2. The first-order valence-electron chi connectivity index (χ1n) is 4.64. The summed E-state index contributed by atoms with van der Waals surface area (Å²) in [5, 5.41) is 10.7. The number of hydrogen-bond donors (Lipinski definition) is 1. The Hall–Kier alpha value is -0.750. The van der Waals surface area contributed by atoms with Crippen LogP contribution in [0.4, 0.5) is 0 Å². The van der Waals surface area contributed by atoms with Crippen molar-refractivity contribution in [2.75, 3.05) is 0 Å². The van der Waals surface area contributed by atoms with Crippen molar-refractivity contribution < 1.29 is 5.11 Å². The van der Waals surface area contributed by atoms with Gasteiger partial charge < -0.3 is 9.67 Å². The van der Waals surface area contributed by atoms with Gasteiger partial charge in [0.1, 0.15) is 5.65 Å². The molecule has 0 saturated carbocycles. The Balaban J connectivity index is 2.85. The average Bonchev–Trinajstić information content (AvgIpc) is 2.47. The Labute approximate surface area is 102 Å². The van der Waals surface area contributed by atoms with Crippen molar-refractivity contribution in [2.45, 2.75) is 13.0 Å². The van der Waals surface area contributed by atoms with Crippen LogP contribution in [0.15, 0.2) is 12.3 Å². The maximum absolute atomic E-state index is 9.59. The summed E-state index contributed by atoms with van der Waals surface area (Å²) in [5.41, 5.74) is 2.62. The Morgan fingerprint density at radius 3 is 2.87 bits per heavy atom. The van der Waals surface area contributed by atoms with Crippen molar-refractivity contribution in [1.29, 1.82) is 0 Å². The molecule has 0 aromatic carbocycles. The smallest absolute Gasteiger partial charge is 0.221 e. The molecule has 0 amide bonds. The normalized spacial score (nSPS) is 13.3. The van der Waals surface area contributed by atoms with Crippen LogP contribution >= 0.6 is 22.6 Å². The average molecular weight is 315 g/mol. The molecule has 0 saturated heterocycles. The van der Waals surface area contributed by atoms with Crippen molar-refractivity contribution in [3.05, 3.63) is 34.0 Å². The third-order valence-corrected chi connectivity index (χ3v) is 3.67. The molecule has 2 rings (SSSR count). The minimum atomic E-state index is -0.714. The number of aryl methyl sites for hydroxylation is 2. The van der Waals surface area contributed by atoms with E-state index in [-0.39, 0.29) is 0 Å². The summed E-state index contributed by atoms with van der Waals surface area (Å²) in [6, 6.07) is 2.01. The SMILES string of the molecule is [CH2+]C(O)c1c(C)nc2c(ccn2C)c1I. The van der Waals surface area contributed by atoms with E-state index in [2.05, 4.69) is 34.5 Å². The molecule has 0 aliphatic rings. The van der Waals surface area contributed by atoms with Crippen LogP contribution < -0.4 is 0 Å². The summed E-state index contributed by atoms with van der Waals surface area (Å²) in [4.78, 5) is 4.48. The van der Waals surface area contributed by atoms with Gasteiger partial charge in [-0.2, -0.15) is 0 Å². The molecule has 4 heteroatoms. The fourth-order valence-corrected chi connectivity index (χ4v) is 2.91. The van der Waals surface area contributed by atoms with E-state index in [9.17, 15) is 5.11 Å². The molecular formula is C11H12IN2O+. The highest BCUT2D eigenvalue weighted by atomic mass is 127. The maximum atomic E-state index is 9.59. The molecule has 1 atom stereocenters. The van der Waals surface area contributed by atoms with E-state index in [1.165, 1.54) is 0 Å². The van der Waals surface area contributed by atoms with Gasteiger partial charge in [-0.1, -0.05) is 0 Å². The number of nitrogens with zero attached hydrogens (tertiary/aromatic N) is 2. The molecule has 2 aromatic heterocycles. The van der Waals surface area contributed by atoms with Crippen LogP contribution in [0.3, 0.4) is 0 Å². The zero-order valence-electron chi connectivity index (χ0n) is 8.66. The van der Waals surface area contributed by atoms with E-state index in [1.807, 2.05) is 30.8 Å². The molecule has 2 heterocycles. The lowest BCUT2D eigenvalue weighted by atomic mass is 10.1. The van der Waals surface area contributed by atoms with E-state index in [4.69, 9.17) is 0 Å². The van der Waals surface area contributed by atoms with Crippen LogP contribution in [0.2, 0.25) is 0 Å². The summed E-state index contributed by atoms with van der Waals surface area (Å²) in [7, 11) is 1.96. The van der Waals surface area contributed by atoms with Crippen molar-refractivity contribution in [3.8, 4) is 0 Å². The van der Waals surface area contributed by atoms with Crippen molar-refractivity contribution in [2.24, 2.45) is 7.05 Å². The summed E-state index contributed by atoms with van der Waals surface area (Å²) >= 11 is 2.24. The lowest BCUT2D eigenvalue weighted by Gasteiger charge is -2.08. The molecule has 0 fully saturated rings.